The SMILES string of the molecule is CCCCSC(=O)S.[Ni]. The van der Waals surface area contributed by atoms with E-state index in [9.17, 15) is 4.79 Å². The molecule has 0 aliphatic heterocycles. The summed E-state index contributed by atoms with van der Waals surface area (Å²) < 4.78 is -0.0709. The summed E-state index contributed by atoms with van der Waals surface area (Å²) in [7, 11) is 0. The van der Waals surface area contributed by atoms with Crippen LogP contribution in [0.2, 0.25) is 0 Å². The van der Waals surface area contributed by atoms with Crippen molar-refractivity contribution in [3.8, 4) is 0 Å². The van der Waals surface area contributed by atoms with E-state index in [1.54, 1.807) is 0 Å². The van der Waals surface area contributed by atoms with E-state index in [0.29, 0.717) is 0 Å². The minimum Gasteiger partial charge on any atom is -0.275 e. The van der Waals surface area contributed by atoms with Crippen molar-refractivity contribution in [2.24, 2.45) is 0 Å². The number of unbranched alkanes of at least 4 members (excludes halogenated alkanes) is 1. The van der Waals surface area contributed by atoms with Crippen LogP contribution in [0, 0.1) is 0 Å². The molecule has 0 amide bonds. The van der Waals surface area contributed by atoms with Crippen LogP contribution in [-0.4, -0.2) is 10.2 Å². The van der Waals surface area contributed by atoms with Crippen molar-refractivity contribution in [3.05, 3.63) is 0 Å². The molecule has 0 unspecified atom stereocenters. The Kier molecular flexibility index (Phi) is 12.3. The molecule has 0 saturated carbocycles. The van der Waals surface area contributed by atoms with Crippen molar-refractivity contribution in [2.45, 2.75) is 19.8 Å². The fraction of sp³-hybridized carbons (Fsp3) is 0.800. The zero-order valence-electron chi connectivity index (χ0n) is 5.20. The summed E-state index contributed by atoms with van der Waals surface area (Å²) in [6.45, 7) is 2.10. The standard InChI is InChI=1S/C5H10OS2.Ni/c1-2-3-4-8-5(6)7;/h2-4H2,1H3,(H,6,7);. The molecular formula is C5H10NiOS2. The van der Waals surface area contributed by atoms with Crippen molar-refractivity contribution in [1.82, 2.24) is 0 Å². The third kappa shape index (κ3) is 12.1. The maximum Gasteiger partial charge on any atom is 0.243 e. The van der Waals surface area contributed by atoms with Gasteiger partial charge in [-0.3, -0.25) is 4.79 Å². The molecule has 0 spiro atoms. The van der Waals surface area contributed by atoms with E-state index in [-0.39, 0.29) is 20.9 Å². The second kappa shape index (κ2) is 8.86. The van der Waals surface area contributed by atoms with Crippen molar-refractivity contribution in [3.63, 3.8) is 0 Å². The van der Waals surface area contributed by atoms with Gasteiger partial charge in [-0.1, -0.05) is 37.7 Å². The van der Waals surface area contributed by atoms with Crippen LogP contribution in [0.4, 0.5) is 4.79 Å². The third-order valence-corrected chi connectivity index (χ3v) is 1.85. The summed E-state index contributed by atoms with van der Waals surface area (Å²) in [6.07, 6.45) is 2.25. The van der Waals surface area contributed by atoms with Gasteiger partial charge in [-0.05, 0) is 6.42 Å². The molecule has 58 valence electrons. The van der Waals surface area contributed by atoms with Crippen LogP contribution < -0.4 is 0 Å². The fourth-order valence-corrected chi connectivity index (χ4v) is 1.19. The first-order valence-electron chi connectivity index (χ1n) is 2.63. The van der Waals surface area contributed by atoms with Crippen LogP contribution in [0.5, 0.6) is 0 Å². The molecule has 0 aliphatic rings. The normalized spacial score (nSPS) is 8.22. The average molecular weight is 209 g/mol. The molecule has 0 heterocycles. The molecule has 0 aromatic carbocycles. The van der Waals surface area contributed by atoms with Crippen LogP contribution in [-0.2, 0) is 16.5 Å². The molecule has 0 fully saturated rings. The minimum absolute atomic E-state index is 0. The van der Waals surface area contributed by atoms with Gasteiger partial charge in [0.25, 0.3) is 0 Å². The van der Waals surface area contributed by atoms with Crippen LogP contribution in [0.3, 0.4) is 0 Å². The summed E-state index contributed by atoms with van der Waals surface area (Å²) >= 11 is 4.88. The number of rotatable bonds is 3. The molecule has 0 radical (unpaired) electrons. The largest absolute Gasteiger partial charge is 0.275 e. The molecule has 0 rings (SSSR count). The van der Waals surface area contributed by atoms with Gasteiger partial charge in [0.05, 0.1) is 0 Å². The van der Waals surface area contributed by atoms with Gasteiger partial charge >= 0.3 is 0 Å². The fourth-order valence-electron chi connectivity index (χ4n) is 0.304. The number of carbonyl (C=O) groups excluding carboxylic acids is 1. The maximum atomic E-state index is 10.1. The van der Waals surface area contributed by atoms with E-state index in [1.165, 1.54) is 11.8 Å². The van der Waals surface area contributed by atoms with Crippen LogP contribution >= 0.6 is 24.4 Å². The van der Waals surface area contributed by atoms with Crippen molar-refractivity contribution < 1.29 is 21.3 Å². The first-order chi connectivity index (χ1) is 3.77. The van der Waals surface area contributed by atoms with Gasteiger partial charge in [-0.25, -0.2) is 0 Å². The number of hydrogen-bond donors (Lipinski definition) is 1. The molecule has 0 saturated heterocycles. The molecule has 0 aliphatic carbocycles. The van der Waals surface area contributed by atoms with Crippen molar-refractivity contribution in [2.75, 3.05) is 5.75 Å². The Morgan fingerprint density at radius 2 is 2.22 bits per heavy atom. The van der Waals surface area contributed by atoms with Gasteiger partial charge < -0.3 is 0 Å². The first-order valence-corrected chi connectivity index (χ1v) is 4.06. The smallest absolute Gasteiger partial charge is 0.243 e. The van der Waals surface area contributed by atoms with Gasteiger partial charge in [0.15, 0.2) is 0 Å². The van der Waals surface area contributed by atoms with Crippen LogP contribution in [0.1, 0.15) is 19.8 Å². The van der Waals surface area contributed by atoms with E-state index < -0.39 is 0 Å². The molecule has 0 aromatic heterocycles. The van der Waals surface area contributed by atoms with E-state index in [4.69, 9.17) is 0 Å². The Balaban J connectivity index is 0. The van der Waals surface area contributed by atoms with Gasteiger partial charge in [0.1, 0.15) is 0 Å². The number of hydrogen-bond acceptors (Lipinski definition) is 2. The molecule has 0 bridgehead atoms. The first kappa shape index (κ1) is 12.5. The predicted molar refractivity (Wildman–Crippen MR) is 41.7 cm³/mol. The van der Waals surface area contributed by atoms with E-state index in [0.717, 1.165) is 18.6 Å². The molecule has 9 heavy (non-hydrogen) atoms. The zero-order chi connectivity index (χ0) is 6.41. The monoisotopic (exact) mass is 208 g/mol. The summed E-state index contributed by atoms with van der Waals surface area (Å²) in [5, 5.41) is 0. The topological polar surface area (TPSA) is 17.1 Å². The third-order valence-electron chi connectivity index (χ3n) is 0.723. The molecular weight excluding hydrogens is 199 g/mol. The van der Waals surface area contributed by atoms with E-state index >= 15 is 0 Å². The molecule has 1 nitrogen and oxygen atoms in total. The summed E-state index contributed by atoms with van der Waals surface area (Å²) in [6, 6.07) is 0. The minimum atomic E-state index is -0.0709. The van der Waals surface area contributed by atoms with Gasteiger partial charge in [0.2, 0.25) is 4.45 Å². The zero-order valence-corrected chi connectivity index (χ0v) is 7.90. The van der Waals surface area contributed by atoms with E-state index in [1.807, 2.05) is 0 Å². The van der Waals surface area contributed by atoms with Crippen LogP contribution in [0.25, 0.3) is 0 Å². The maximum absolute atomic E-state index is 10.1. The number of thiol groups is 1. The van der Waals surface area contributed by atoms with E-state index in [2.05, 4.69) is 19.6 Å². The molecule has 0 aromatic rings. The summed E-state index contributed by atoms with van der Waals surface area (Å²) in [5.41, 5.74) is 0. The molecule has 0 atom stereocenters. The van der Waals surface area contributed by atoms with Crippen molar-refractivity contribution >= 4 is 28.8 Å². The van der Waals surface area contributed by atoms with Gasteiger partial charge in [-0.15, -0.1) is 0 Å². The summed E-state index contributed by atoms with van der Waals surface area (Å²) in [5.74, 6) is 0.916. The Labute approximate surface area is 75.7 Å². The Morgan fingerprint density at radius 3 is 2.56 bits per heavy atom. The number of thioether (sulfide) groups is 1. The Bertz CT molecular complexity index is 77.4. The van der Waals surface area contributed by atoms with Crippen LogP contribution in [0.15, 0.2) is 0 Å². The van der Waals surface area contributed by atoms with Gasteiger partial charge in [0, 0.05) is 22.2 Å². The Morgan fingerprint density at radius 1 is 1.67 bits per heavy atom. The number of carbonyl (C=O) groups is 1. The second-order valence-electron chi connectivity index (χ2n) is 1.47. The van der Waals surface area contributed by atoms with Gasteiger partial charge in [-0.2, -0.15) is 0 Å². The summed E-state index contributed by atoms with van der Waals surface area (Å²) in [4.78, 5) is 10.1. The van der Waals surface area contributed by atoms with Crippen molar-refractivity contribution in [1.29, 1.82) is 0 Å². The average Bonchev–Trinajstić information content (AvgIpc) is 1.66. The second-order valence-corrected chi connectivity index (χ2v) is 3.24. The predicted octanol–water partition coefficient (Wildman–Crippen LogP) is 2.57. The molecule has 4 heteroatoms. The Hall–Kier alpha value is 0.864. The quantitative estimate of drug-likeness (QED) is 0.437. The molecule has 0 N–H and O–H groups in total.